The van der Waals surface area contributed by atoms with Gasteiger partial charge in [-0.15, -0.1) is 0 Å². The standard InChI is InChI=1S/C22H19Br2N3O2/c23-13-20(28)26-17-8-4-15(5-9-17)22(19-3-1-2-12-25-19)16-6-10-18(11-7-16)27-21(29)14-24/h1-12,22H,13-14H2,(H,26,28)(H,27,29). The molecule has 2 aromatic carbocycles. The van der Waals surface area contributed by atoms with Crippen molar-refractivity contribution in [2.24, 2.45) is 0 Å². The molecule has 0 aliphatic carbocycles. The zero-order valence-electron chi connectivity index (χ0n) is 15.4. The Hall–Kier alpha value is -2.51. The number of aromatic nitrogens is 1. The van der Waals surface area contributed by atoms with E-state index in [-0.39, 0.29) is 28.4 Å². The zero-order valence-corrected chi connectivity index (χ0v) is 18.6. The number of nitrogens with zero attached hydrogens (tertiary/aromatic N) is 1. The molecule has 7 heteroatoms. The minimum Gasteiger partial charge on any atom is -0.325 e. The molecule has 0 spiro atoms. The number of alkyl halides is 2. The first kappa shape index (κ1) is 21.2. The third-order valence-electron chi connectivity index (χ3n) is 4.28. The molecule has 0 aliphatic rings. The first-order valence-electron chi connectivity index (χ1n) is 8.93. The molecule has 0 saturated carbocycles. The molecule has 0 bridgehead atoms. The minimum absolute atomic E-state index is 0.0712. The number of amides is 2. The van der Waals surface area contributed by atoms with Crippen molar-refractivity contribution in [3.63, 3.8) is 0 Å². The van der Waals surface area contributed by atoms with Crippen LogP contribution in [0.5, 0.6) is 0 Å². The molecule has 0 saturated heterocycles. The van der Waals surface area contributed by atoms with E-state index in [0.717, 1.165) is 28.2 Å². The molecule has 0 unspecified atom stereocenters. The van der Waals surface area contributed by atoms with E-state index in [1.54, 1.807) is 6.20 Å². The van der Waals surface area contributed by atoms with Gasteiger partial charge in [-0.1, -0.05) is 62.2 Å². The van der Waals surface area contributed by atoms with Crippen molar-refractivity contribution >= 4 is 55.0 Å². The van der Waals surface area contributed by atoms with Crippen LogP contribution < -0.4 is 10.6 Å². The number of pyridine rings is 1. The summed E-state index contributed by atoms with van der Waals surface area (Å²) < 4.78 is 0. The average molecular weight is 517 g/mol. The van der Waals surface area contributed by atoms with Gasteiger partial charge in [-0.2, -0.15) is 0 Å². The van der Waals surface area contributed by atoms with Gasteiger partial charge in [-0.25, -0.2) is 0 Å². The van der Waals surface area contributed by atoms with Gasteiger partial charge in [0.2, 0.25) is 11.8 Å². The second kappa shape index (κ2) is 10.3. The lowest BCUT2D eigenvalue weighted by Gasteiger charge is -2.19. The summed E-state index contributed by atoms with van der Waals surface area (Å²) in [6.07, 6.45) is 1.78. The number of carbonyl (C=O) groups is 2. The largest absolute Gasteiger partial charge is 0.325 e. The summed E-state index contributed by atoms with van der Waals surface area (Å²) in [4.78, 5) is 27.7. The Labute approximate surface area is 186 Å². The molecular weight excluding hydrogens is 498 g/mol. The number of rotatable bonds is 7. The molecule has 3 aromatic rings. The van der Waals surface area contributed by atoms with Crippen LogP contribution in [-0.2, 0) is 9.59 Å². The van der Waals surface area contributed by atoms with Crippen molar-refractivity contribution in [1.29, 1.82) is 0 Å². The third kappa shape index (κ3) is 5.74. The quantitative estimate of drug-likeness (QED) is 0.437. The number of hydrogen-bond donors (Lipinski definition) is 2. The van der Waals surface area contributed by atoms with Gasteiger partial charge in [0, 0.05) is 17.6 Å². The highest BCUT2D eigenvalue weighted by molar-refractivity contribution is 9.09. The molecule has 0 fully saturated rings. The maximum atomic E-state index is 11.6. The Morgan fingerprint density at radius 3 is 1.62 bits per heavy atom. The predicted molar refractivity (Wildman–Crippen MR) is 123 cm³/mol. The van der Waals surface area contributed by atoms with E-state index in [4.69, 9.17) is 0 Å². The molecular formula is C22H19Br2N3O2. The minimum atomic E-state index is -0.0971. The summed E-state index contributed by atoms with van der Waals surface area (Å²) in [5.41, 5.74) is 4.51. The van der Waals surface area contributed by atoms with E-state index in [1.807, 2.05) is 66.7 Å². The summed E-state index contributed by atoms with van der Waals surface area (Å²) in [5.74, 6) is -0.265. The second-order valence-electron chi connectivity index (χ2n) is 6.30. The molecule has 0 radical (unpaired) electrons. The molecule has 2 amide bonds. The highest BCUT2D eigenvalue weighted by Gasteiger charge is 2.18. The molecule has 148 valence electrons. The number of hydrogen-bond acceptors (Lipinski definition) is 3. The van der Waals surface area contributed by atoms with E-state index in [0.29, 0.717) is 0 Å². The summed E-state index contributed by atoms with van der Waals surface area (Å²) in [6.45, 7) is 0. The van der Waals surface area contributed by atoms with E-state index < -0.39 is 0 Å². The van der Waals surface area contributed by atoms with Crippen LogP contribution in [0, 0.1) is 0 Å². The fourth-order valence-electron chi connectivity index (χ4n) is 2.99. The Morgan fingerprint density at radius 2 is 1.24 bits per heavy atom. The van der Waals surface area contributed by atoms with Crippen LogP contribution in [0.15, 0.2) is 72.9 Å². The fourth-order valence-corrected chi connectivity index (χ4v) is 3.27. The molecule has 1 heterocycles. The Balaban J connectivity index is 1.92. The van der Waals surface area contributed by atoms with E-state index in [9.17, 15) is 9.59 Å². The first-order valence-corrected chi connectivity index (χ1v) is 11.2. The van der Waals surface area contributed by atoms with Crippen LogP contribution in [-0.4, -0.2) is 27.5 Å². The summed E-state index contributed by atoms with van der Waals surface area (Å²) in [6, 6.07) is 21.3. The second-order valence-corrected chi connectivity index (χ2v) is 7.42. The number of halogens is 2. The normalized spacial score (nSPS) is 10.6. The van der Waals surface area contributed by atoms with E-state index >= 15 is 0 Å². The molecule has 0 atom stereocenters. The van der Waals surface area contributed by atoms with Gasteiger partial charge in [0.25, 0.3) is 0 Å². The number of carbonyl (C=O) groups excluding carboxylic acids is 2. The van der Waals surface area contributed by atoms with Gasteiger partial charge in [-0.3, -0.25) is 14.6 Å². The Bertz CT molecular complexity index is 900. The smallest absolute Gasteiger partial charge is 0.235 e. The van der Waals surface area contributed by atoms with Crippen LogP contribution in [0.3, 0.4) is 0 Å². The topological polar surface area (TPSA) is 71.1 Å². The van der Waals surface area contributed by atoms with Crippen LogP contribution in [0.1, 0.15) is 22.7 Å². The van der Waals surface area contributed by atoms with E-state index in [1.165, 1.54) is 0 Å². The molecule has 0 aliphatic heterocycles. The van der Waals surface area contributed by atoms with Crippen molar-refractivity contribution in [2.45, 2.75) is 5.92 Å². The maximum Gasteiger partial charge on any atom is 0.235 e. The third-order valence-corrected chi connectivity index (χ3v) is 5.30. The highest BCUT2D eigenvalue weighted by atomic mass is 79.9. The van der Waals surface area contributed by atoms with Crippen LogP contribution in [0.2, 0.25) is 0 Å². The van der Waals surface area contributed by atoms with Gasteiger partial charge >= 0.3 is 0 Å². The molecule has 29 heavy (non-hydrogen) atoms. The van der Waals surface area contributed by atoms with Crippen molar-refractivity contribution in [1.82, 2.24) is 4.98 Å². The monoisotopic (exact) mass is 515 g/mol. The first-order chi connectivity index (χ1) is 14.1. The number of anilines is 2. The molecule has 1 aromatic heterocycles. The lowest BCUT2D eigenvalue weighted by molar-refractivity contribution is -0.114. The number of nitrogens with one attached hydrogen (secondary N) is 2. The molecule has 3 rings (SSSR count). The molecule has 5 nitrogen and oxygen atoms in total. The van der Waals surface area contributed by atoms with Crippen molar-refractivity contribution in [2.75, 3.05) is 21.3 Å². The van der Waals surface area contributed by atoms with Gasteiger partial charge in [0.15, 0.2) is 0 Å². The van der Waals surface area contributed by atoms with Gasteiger partial charge < -0.3 is 10.6 Å². The SMILES string of the molecule is O=C(CBr)Nc1ccc(C(c2ccc(NC(=O)CBr)cc2)c2ccccn2)cc1. The van der Waals surface area contributed by atoms with Crippen molar-refractivity contribution in [3.8, 4) is 0 Å². The predicted octanol–water partition coefficient (Wildman–Crippen LogP) is 4.93. The molecule has 2 N–H and O–H groups in total. The fraction of sp³-hybridized carbons (Fsp3) is 0.136. The van der Waals surface area contributed by atoms with E-state index in [2.05, 4.69) is 47.5 Å². The zero-order chi connectivity index (χ0) is 20.6. The Morgan fingerprint density at radius 1 is 0.759 bits per heavy atom. The summed E-state index contributed by atoms with van der Waals surface area (Å²) in [7, 11) is 0. The summed E-state index contributed by atoms with van der Waals surface area (Å²) >= 11 is 6.29. The van der Waals surface area contributed by atoms with Crippen LogP contribution in [0.25, 0.3) is 0 Å². The van der Waals surface area contributed by atoms with Gasteiger partial charge in [0.05, 0.1) is 22.3 Å². The van der Waals surface area contributed by atoms with Crippen LogP contribution in [0.4, 0.5) is 11.4 Å². The average Bonchev–Trinajstić information content (AvgIpc) is 2.77. The lowest BCUT2D eigenvalue weighted by Crippen LogP contribution is -2.13. The lowest BCUT2D eigenvalue weighted by atomic mass is 9.88. The number of benzene rings is 2. The van der Waals surface area contributed by atoms with Gasteiger partial charge in [-0.05, 0) is 47.5 Å². The van der Waals surface area contributed by atoms with Crippen molar-refractivity contribution < 1.29 is 9.59 Å². The van der Waals surface area contributed by atoms with Crippen LogP contribution >= 0.6 is 31.9 Å². The maximum absolute atomic E-state index is 11.6. The Kier molecular flexibility index (Phi) is 7.55. The summed E-state index contributed by atoms with van der Waals surface area (Å²) in [5, 5.41) is 6.15. The van der Waals surface area contributed by atoms with Crippen molar-refractivity contribution in [3.05, 3.63) is 89.7 Å². The highest BCUT2D eigenvalue weighted by Crippen LogP contribution is 2.32. The van der Waals surface area contributed by atoms with Gasteiger partial charge in [0.1, 0.15) is 0 Å².